The largest absolute Gasteiger partial charge is 0.672 e. The Kier molecular flexibility index (Phi) is 8.08. The van der Waals surface area contributed by atoms with Crippen LogP contribution in [-0.4, -0.2) is 10.2 Å². The van der Waals surface area contributed by atoms with E-state index in [9.17, 15) is 10.2 Å². The van der Waals surface area contributed by atoms with Gasteiger partial charge in [0.1, 0.15) is 11.5 Å². The van der Waals surface area contributed by atoms with E-state index in [1.54, 1.807) is 36.4 Å². The number of phenolic OH excluding ortho intramolecular Hbond substituents is 2. The average Bonchev–Trinajstić information content (AvgIpc) is 2.48. The number of hydrogen-bond acceptors (Lipinski definition) is 2. The molecule has 0 heterocycles. The van der Waals surface area contributed by atoms with Crippen molar-refractivity contribution in [2.24, 2.45) is 0 Å². The molecule has 2 unspecified atom stereocenters. The number of benzene rings is 2. The SMILES string of the molecule is [Cl][Pt+2][Cl].[NH-]C(c1ccccc1O)C([NH-])c1ccccc1O. The molecule has 0 aliphatic rings. The zero-order chi connectivity index (χ0) is 15.8. The van der Waals surface area contributed by atoms with Crippen molar-refractivity contribution in [1.82, 2.24) is 0 Å². The second kappa shape index (κ2) is 9.29. The summed E-state index contributed by atoms with van der Waals surface area (Å²) in [6.45, 7) is 0. The molecule has 21 heavy (non-hydrogen) atoms. The molecule has 0 aliphatic carbocycles. The van der Waals surface area contributed by atoms with Crippen LogP contribution in [0.3, 0.4) is 0 Å². The Labute approximate surface area is 140 Å². The zero-order valence-electron chi connectivity index (χ0n) is 10.7. The Balaban J connectivity index is 0.000000677. The summed E-state index contributed by atoms with van der Waals surface area (Å²) in [5, 5.41) is 19.4. The molecule has 2 rings (SSSR count). The summed E-state index contributed by atoms with van der Waals surface area (Å²) in [5.74, 6) is 0.00958. The van der Waals surface area contributed by atoms with Crippen molar-refractivity contribution in [3.63, 3.8) is 0 Å². The fraction of sp³-hybridized carbons (Fsp3) is 0.143. The molecule has 4 N–H and O–H groups in total. The molecule has 0 fully saturated rings. The van der Waals surface area contributed by atoms with Crippen LogP contribution >= 0.6 is 18.8 Å². The Bertz CT molecular complexity index is 523. The Hall–Kier alpha value is -0.772. The van der Waals surface area contributed by atoms with Gasteiger partial charge in [-0.2, -0.15) is 0 Å². The minimum absolute atomic E-state index is 0.00479. The van der Waals surface area contributed by atoms with Gasteiger partial charge in [-0.1, -0.05) is 36.4 Å². The predicted molar refractivity (Wildman–Crippen MR) is 82.0 cm³/mol. The van der Waals surface area contributed by atoms with Gasteiger partial charge in [0.05, 0.1) is 0 Å². The van der Waals surface area contributed by atoms with Crippen molar-refractivity contribution in [3.8, 4) is 11.5 Å². The number of rotatable bonds is 3. The minimum Gasteiger partial charge on any atom is -0.672 e. The Morgan fingerprint density at radius 3 is 1.33 bits per heavy atom. The van der Waals surface area contributed by atoms with Crippen LogP contribution < -0.4 is 0 Å². The summed E-state index contributed by atoms with van der Waals surface area (Å²) in [6.07, 6.45) is 0. The molecule has 7 heteroatoms. The second-order valence-corrected chi connectivity index (χ2v) is 7.40. The topological polar surface area (TPSA) is 88.1 Å². The van der Waals surface area contributed by atoms with Crippen LogP contribution in [0.4, 0.5) is 0 Å². The number of phenols is 2. The second-order valence-electron chi connectivity index (χ2n) is 4.12. The van der Waals surface area contributed by atoms with Gasteiger partial charge in [-0.15, -0.1) is 12.1 Å². The number of hydrogen-bond donors (Lipinski definition) is 2. The first kappa shape index (κ1) is 18.3. The molecule has 116 valence electrons. The van der Waals surface area contributed by atoms with Gasteiger partial charge in [0.2, 0.25) is 0 Å². The summed E-state index contributed by atoms with van der Waals surface area (Å²) in [5.41, 5.74) is 16.8. The quantitative estimate of drug-likeness (QED) is 0.585. The molecule has 0 aromatic heterocycles. The van der Waals surface area contributed by atoms with Crippen molar-refractivity contribution < 1.29 is 26.7 Å². The van der Waals surface area contributed by atoms with Gasteiger partial charge in [-0.05, 0) is 23.3 Å². The maximum Gasteiger partial charge on any atom is 0.117 e. The molecular weight excluding hydrogens is 494 g/mol. The van der Waals surface area contributed by atoms with Gasteiger partial charge in [0.15, 0.2) is 0 Å². The van der Waals surface area contributed by atoms with Gasteiger partial charge in [0.25, 0.3) is 0 Å². The van der Waals surface area contributed by atoms with Crippen LogP contribution in [0.25, 0.3) is 11.5 Å². The van der Waals surface area contributed by atoms with Crippen molar-refractivity contribution in [1.29, 1.82) is 0 Å². The normalized spacial score (nSPS) is 13.1. The van der Waals surface area contributed by atoms with Crippen molar-refractivity contribution in [2.45, 2.75) is 12.1 Å². The van der Waals surface area contributed by atoms with E-state index in [2.05, 4.69) is 0 Å². The van der Waals surface area contributed by atoms with E-state index < -0.39 is 28.6 Å². The fourth-order valence-electron chi connectivity index (χ4n) is 1.86. The van der Waals surface area contributed by atoms with Crippen LogP contribution in [0.2, 0.25) is 0 Å². The molecule has 2 aromatic rings. The van der Waals surface area contributed by atoms with Crippen LogP contribution in [0, 0.1) is 0 Å². The van der Waals surface area contributed by atoms with E-state index in [1.807, 2.05) is 0 Å². The fourth-order valence-corrected chi connectivity index (χ4v) is 1.86. The van der Waals surface area contributed by atoms with Crippen molar-refractivity contribution in [3.05, 3.63) is 71.1 Å². The van der Waals surface area contributed by atoms with E-state index in [-0.39, 0.29) is 11.5 Å². The molecule has 0 saturated carbocycles. The molecule has 4 nitrogen and oxygen atoms in total. The van der Waals surface area contributed by atoms with Crippen molar-refractivity contribution in [2.75, 3.05) is 0 Å². The van der Waals surface area contributed by atoms with E-state index in [0.717, 1.165) is 0 Å². The summed E-state index contributed by atoms with van der Waals surface area (Å²) < 4.78 is 0. The minimum atomic E-state index is -0.945. The number of para-hydroxylation sites is 2. The van der Waals surface area contributed by atoms with Crippen LogP contribution in [0.5, 0.6) is 11.5 Å². The molecule has 2 atom stereocenters. The molecular formula is C14H14Cl2N2O2Pt. The van der Waals surface area contributed by atoms with E-state index in [4.69, 9.17) is 30.3 Å². The summed E-state index contributed by atoms with van der Waals surface area (Å²) in [6, 6.07) is 11.1. The third-order valence-corrected chi connectivity index (χ3v) is 2.88. The van der Waals surface area contributed by atoms with E-state index >= 15 is 0 Å². The summed E-state index contributed by atoms with van der Waals surface area (Å²) >= 11 is -0.472. The van der Waals surface area contributed by atoms with E-state index in [1.165, 1.54) is 12.1 Å². The maximum absolute atomic E-state index is 9.68. The van der Waals surface area contributed by atoms with Crippen LogP contribution in [-0.2, 0) is 16.5 Å². The first-order valence-electron chi connectivity index (χ1n) is 5.83. The monoisotopic (exact) mass is 507 g/mol. The first-order valence-corrected chi connectivity index (χ1v) is 11.5. The molecule has 0 aliphatic heterocycles. The third kappa shape index (κ3) is 5.17. The molecule has 0 spiro atoms. The third-order valence-electron chi connectivity index (χ3n) is 2.88. The Morgan fingerprint density at radius 1 is 0.762 bits per heavy atom. The molecule has 0 bridgehead atoms. The molecule has 0 saturated heterocycles. The van der Waals surface area contributed by atoms with Gasteiger partial charge >= 0.3 is 35.3 Å². The average molecular weight is 508 g/mol. The van der Waals surface area contributed by atoms with Crippen molar-refractivity contribution >= 4 is 18.8 Å². The number of nitrogens with one attached hydrogen (secondary N) is 2. The van der Waals surface area contributed by atoms with E-state index in [0.29, 0.717) is 11.1 Å². The number of halogens is 2. The van der Waals surface area contributed by atoms with Crippen LogP contribution in [0.15, 0.2) is 48.5 Å². The summed E-state index contributed by atoms with van der Waals surface area (Å²) in [4.78, 5) is 0. The predicted octanol–water partition coefficient (Wildman–Crippen LogP) is 5.36. The van der Waals surface area contributed by atoms with Crippen LogP contribution in [0.1, 0.15) is 23.2 Å². The van der Waals surface area contributed by atoms with Gasteiger partial charge in [-0.3, -0.25) is 0 Å². The zero-order valence-corrected chi connectivity index (χ0v) is 14.5. The van der Waals surface area contributed by atoms with Gasteiger partial charge in [-0.25, -0.2) is 0 Å². The molecule has 2 aromatic carbocycles. The van der Waals surface area contributed by atoms with Gasteiger partial charge in [0, 0.05) is 0 Å². The summed E-state index contributed by atoms with van der Waals surface area (Å²) in [7, 11) is 9.75. The maximum atomic E-state index is 9.68. The molecule has 0 amide bonds. The number of aromatic hydroxyl groups is 2. The van der Waals surface area contributed by atoms with Gasteiger partial charge < -0.3 is 21.7 Å². The molecule has 0 radical (unpaired) electrons. The first-order chi connectivity index (χ1) is 10.0. The Morgan fingerprint density at radius 2 is 1.05 bits per heavy atom. The smallest absolute Gasteiger partial charge is 0.117 e. The standard InChI is InChI=1S/C14H14N2O2.2ClH.Pt/c15-13(9-5-1-3-7-11(9)17)14(16)10-6-2-4-8-12(10)18;;;/h1-8,13-18H;2*1H;/q-2;;;+4/p-2.